The van der Waals surface area contributed by atoms with Gasteiger partial charge in [-0.25, -0.2) is 8.42 Å². The Hall–Kier alpha value is -2.58. The first-order valence-corrected chi connectivity index (χ1v) is 13.4. The molecule has 2 heterocycles. The van der Waals surface area contributed by atoms with E-state index in [0.29, 0.717) is 37.4 Å². The van der Waals surface area contributed by atoms with Crippen LogP contribution in [0.4, 0.5) is 11.4 Å². The van der Waals surface area contributed by atoms with Crippen molar-refractivity contribution in [3.63, 3.8) is 0 Å². The van der Waals surface area contributed by atoms with E-state index in [0.717, 1.165) is 44.7 Å². The molecule has 178 valence electrons. The highest BCUT2D eigenvalue weighted by atomic mass is 32.2. The minimum absolute atomic E-state index is 0.105. The van der Waals surface area contributed by atoms with Gasteiger partial charge in [-0.1, -0.05) is 32.0 Å². The summed E-state index contributed by atoms with van der Waals surface area (Å²) in [5, 5.41) is 0. The molecular weight excluding hydrogens is 436 g/mol. The molecule has 0 radical (unpaired) electrons. The highest BCUT2D eigenvalue weighted by Crippen LogP contribution is 2.32. The lowest BCUT2D eigenvalue weighted by molar-refractivity contribution is 0.0746. The van der Waals surface area contributed by atoms with Crippen LogP contribution in [-0.4, -0.2) is 75.9 Å². The van der Waals surface area contributed by atoms with Crippen molar-refractivity contribution in [1.82, 2.24) is 9.21 Å². The molecule has 0 aliphatic carbocycles. The van der Waals surface area contributed by atoms with Crippen LogP contribution < -0.4 is 9.80 Å². The summed E-state index contributed by atoms with van der Waals surface area (Å²) in [5.41, 5.74) is 2.31. The summed E-state index contributed by atoms with van der Waals surface area (Å²) in [4.78, 5) is 19.8. The third kappa shape index (κ3) is 4.87. The Morgan fingerprint density at radius 2 is 1.48 bits per heavy atom. The molecular formula is C25H34N4O3S. The molecule has 2 saturated heterocycles. The molecule has 0 unspecified atom stereocenters. The Kier molecular flexibility index (Phi) is 7.24. The van der Waals surface area contributed by atoms with Gasteiger partial charge < -0.3 is 14.7 Å². The first kappa shape index (κ1) is 23.6. The molecule has 1 amide bonds. The summed E-state index contributed by atoms with van der Waals surface area (Å²) < 4.78 is 28.4. The fourth-order valence-corrected chi connectivity index (χ4v) is 6.46. The number of nitrogens with zero attached hydrogens (tertiary/aromatic N) is 4. The number of hydrogen-bond acceptors (Lipinski definition) is 5. The van der Waals surface area contributed by atoms with Crippen molar-refractivity contribution in [2.45, 2.75) is 31.6 Å². The topological polar surface area (TPSA) is 64.2 Å². The first-order chi connectivity index (χ1) is 16.0. The highest BCUT2D eigenvalue weighted by molar-refractivity contribution is 7.89. The lowest BCUT2D eigenvalue weighted by Gasteiger charge is -2.36. The average Bonchev–Trinajstić information content (AvgIpc) is 3.39. The van der Waals surface area contributed by atoms with Gasteiger partial charge in [-0.3, -0.25) is 4.79 Å². The van der Waals surface area contributed by atoms with Gasteiger partial charge >= 0.3 is 0 Å². The first-order valence-electron chi connectivity index (χ1n) is 11.9. The molecule has 4 rings (SSSR count). The molecule has 2 fully saturated rings. The monoisotopic (exact) mass is 470 g/mol. The van der Waals surface area contributed by atoms with Gasteiger partial charge in [0.1, 0.15) is 4.90 Å². The van der Waals surface area contributed by atoms with Gasteiger partial charge in [-0.2, -0.15) is 4.31 Å². The zero-order valence-electron chi connectivity index (χ0n) is 19.6. The van der Waals surface area contributed by atoms with E-state index in [4.69, 9.17) is 0 Å². The average molecular weight is 471 g/mol. The number of carbonyl (C=O) groups excluding carboxylic acids is 1. The van der Waals surface area contributed by atoms with Crippen LogP contribution in [0.1, 0.15) is 37.0 Å². The molecule has 7 nitrogen and oxygen atoms in total. The fourth-order valence-electron chi connectivity index (χ4n) is 4.76. The van der Waals surface area contributed by atoms with E-state index in [1.807, 2.05) is 43.0 Å². The van der Waals surface area contributed by atoms with Crippen molar-refractivity contribution in [3.8, 4) is 0 Å². The molecule has 0 bridgehead atoms. The van der Waals surface area contributed by atoms with Crippen LogP contribution in [0.2, 0.25) is 0 Å². The summed E-state index contributed by atoms with van der Waals surface area (Å²) in [5.74, 6) is -0.105. The largest absolute Gasteiger partial charge is 0.370 e. The van der Waals surface area contributed by atoms with Crippen molar-refractivity contribution in [2.75, 3.05) is 62.2 Å². The molecule has 2 aromatic carbocycles. The van der Waals surface area contributed by atoms with Crippen LogP contribution in [0.3, 0.4) is 0 Å². The molecule has 2 aliphatic rings. The van der Waals surface area contributed by atoms with Gasteiger partial charge in [0.05, 0.1) is 5.69 Å². The Morgan fingerprint density at radius 1 is 0.848 bits per heavy atom. The maximum atomic E-state index is 13.5. The minimum Gasteiger partial charge on any atom is -0.370 e. The quantitative estimate of drug-likeness (QED) is 0.621. The van der Waals surface area contributed by atoms with Crippen molar-refractivity contribution >= 4 is 27.3 Å². The van der Waals surface area contributed by atoms with Crippen LogP contribution in [0.15, 0.2) is 53.4 Å². The number of carbonyl (C=O) groups is 1. The van der Waals surface area contributed by atoms with E-state index < -0.39 is 10.0 Å². The minimum atomic E-state index is -3.69. The molecule has 8 heteroatoms. The normalized spacial score (nSPS) is 17.1. The second-order valence-corrected chi connectivity index (χ2v) is 10.5. The number of rotatable bonds is 7. The molecule has 2 aliphatic heterocycles. The van der Waals surface area contributed by atoms with Crippen LogP contribution in [0.5, 0.6) is 0 Å². The fraction of sp³-hybridized carbons (Fsp3) is 0.480. The number of amides is 1. The van der Waals surface area contributed by atoms with E-state index in [1.54, 1.807) is 12.1 Å². The zero-order valence-corrected chi connectivity index (χ0v) is 20.4. The van der Waals surface area contributed by atoms with Crippen LogP contribution in [-0.2, 0) is 10.0 Å². The van der Waals surface area contributed by atoms with E-state index in [-0.39, 0.29) is 10.8 Å². The number of sulfonamides is 1. The Labute approximate surface area is 197 Å². The second kappa shape index (κ2) is 10.1. The summed E-state index contributed by atoms with van der Waals surface area (Å²) in [7, 11) is -3.69. The van der Waals surface area contributed by atoms with E-state index >= 15 is 0 Å². The zero-order chi connectivity index (χ0) is 23.4. The molecule has 0 saturated carbocycles. The lowest BCUT2D eigenvalue weighted by atomic mass is 10.1. The molecule has 0 aromatic heterocycles. The number of benzene rings is 2. The van der Waals surface area contributed by atoms with Gasteiger partial charge in [0, 0.05) is 63.6 Å². The van der Waals surface area contributed by atoms with Gasteiger partial charge in [0.25, 0.3) is 5.91 Å². The maximum absolute atomic E-state index is 13.5. The van der Waals surface area contributed by atoms with Crippen molar-refractivity contribution in [2.24, 2.45) is 0 Å². The van der Waals surface area contributed by atoms with Crippen molar-refractivity contribution < 1.29 is 13.2 Å². The lowest BCUT2D eigenvalue weighted by Crippen LogP contribution is -2.48. The number of anilines is 2. The van der Waals surface area contributed by atoms with E-state index in [9.17, 15) is 13.2 Å². The molecule has 0 spiro atoms. The van der Waals surface area contributed by atoms with E-state index in [2.05, 4.69) is 21.9 Å². The standard InChI is InChI=1S/C25H34N4O3S/c1-3-29(4-2)33(31,32)24-20-21(12-13-23(24)27-14-8-9-15-27)25(30)28-18-16-26(17-19-28)22-10-6-5-7-11-22/h5-7,10-13,20H,3-4,8-9,14-19H2,1-2H3. The third-order valence-corrected chi connectivity index (χ3v) is 8.74. The third-order valence-electron chi connectivity index (χ3n) is 6.66. The van der Waals surface area contributed by atoms with Crippen LogP contribution >= 0.6 is 0 Å². The number of hydrogen-bond donors (Lipinski definition) is 0. The Morgan fingerprint density at radius 3 is 2.09 bits per heavy atom. The summed E-state index contributed by atoms with van der Waals surface area (Å²) >= 11 is 0. The predicted octanol–water partition coefficient (Wildman–Crippen LogP) is 3.28. The molecule has 0 N–H and O–H groups in total. The molecule has 2 aromatic rings. The molecule has 0 atom stereocenters. The van der Waals surface area contributed by atoms with Crippen molar-refractivity contribution in [1.29, 1.82) is 0 Å². The summed E-state index contributed by atoms with van der Waals surface area (Å²) in [6.45, 7) is 8.91. The Balaban J connectivity index is 1.58. The summed E-state index contributed by atoms with van der Waals surface area (Å²) in [6.07, 6.45) is 2.11. The van der Waals surface area contributed by atoms with Crippen LogP contribution in [0, 0.1) is 0 Å². The SMILES string of the molecule is CCN(CC)S(=O)(=O)c1cc(C(=O)N2CCN(c3ccccc3)CC2)ccc1N1CCCC1. The van der Waals surface area contributed by atoms with Gasteiger partial charge in [0.2, 0.25) is 10.0 Å². The van der Waals surface area contributed by atoms with E-state index in [1.165, 1.54) is 4.31 Å². The summed E-state index contributed by atoms with van der Waals surface area (Å²) in [6, 6.07) is 15.4. The van der Waals surface area contributed by atoms with Crippen molar-refractivity contribution in [3.05, 3.63) is 54.1 Å². The van der Waals surface area contributed by atoms with Crippen LogP contribution in [0.25, 0.3) is 0 Å². The predicted molar refractivity (Wildman–Crippen MR) is 133 cm³/mol. The smallest absolute Gasteiger partial charge is 0.254 e. The number of para-hydroxylation sites is 1. The van der Waals surface area contributed by atoms with Gasteiger partial charge in [0.15, 0.2) is 0 Å². The van der Waals surface area contributed by atoms with Gasteiger partial charge in [-0.15, -0.1) is 0 Å². The highest BCUT2D eigenvalue weighted by Gasteiger charge is 2.30. The molecule has 33 heavy (non-hydrogen) atoms. The second-order valence-electron chi connectivity index (χ2n) is 8.58. The van der Waals surface area contributed by atoms with Gasteiger partial charge in [-0.05, 0) is 43.2 Å². The number of piperazine rings is 1. The maximum Gasteiger partial charge on any atom is 0.254 e. The Bertz CT molecular complexity index is 1060.